The van der Waals surface area contributed by atoms with Crippen LogP contribution in [0.1, 0.15) is 39.3 Å². The van der Waals surface area contributed by atoms with Crippen molar-refractivity contribution in [2.75, 3.05) is 64.7 Å². The van der Waals surface area contributed by atoms with E-state index in [0.29, 0.717) is 68.9 Å². The molecule has 4 rings (SSSR count). The number of hydrogen-bond donors (Lipinski definition) is 3. The maximum Gasteiger partial charge on any atom is 0.265 e. The largest absolute Gasteiger partial charge is 0.491 e. The lowest BCUT2D eigenvalue weighted by molar-refractivity contribution is -0.122. The second-order valence-electron chi connectivity index (χ2n) is 9.76. The van der Waals surface area contributed by atoms with Gasteiger partial charge in [0.25, 0.3) is 11.8 Å². The number of carbonyl (C=O) groups excluding carboxylic acids is 3. The summed E-state index contributed by atoms with van der Waals surface area (Å²) in [7, 11) is 0. The summed E-state index contributed by atoms with van der Waals surface area (Å²) >= 11 is 1.37. The molecule has 0 aliphatic carbocycles. The molecule has 2 aromatic carbocycles. The van der Waals surface area contributed by atoms with Crippen molar-refractivity contribution in [3.05, 3.63) is 69.4 Å². The van der Waals surface area contributed by atoms with Crippen LogP contribution in [0.3, 0.4) is 0 Å². The molecule has 1 aliphatic heterocycles. The molecule has 1 atom stereocenters. The number of fused-ring (bicyclic) bond motifs is 1. The molecular formula is C30H36N6O7S. The van der Waals surface area contributed by atoms with Gasteiger partial charge in [-0.2, -0.15) is 0 Å². The first-order valence-electron chi connectivity index (χ1n) is 14.4. The van der Waals surface area contributed by atoms with E-state index in [1.54, 1.807) is 18.2 Å². The number of hydrogen-bond acceptors (Lipinski definition) is 9. The van der Waals surface area contributed by atoms with Crippen molar-refractivity contribution in [3.63, 3.8) is 0 Å². The van der Waals surface area contributed by atoms with Crippen molar-refractivity contribution in [1.82, 2.24) is 10.6 Å². The Morgan fingerprint density at radius 1 is 0.955 bits per heavy atom. The Bertz CT molecular complexity index is 1430. The Labute approximate surface area is 258 Å². The Hall–Kier alpha value is -4.20. The van der Waals surface area contributed by atoms with Crippen LogP contribution in [0.4, 0.5) is 5.69 Å². The average molecular weight is 625 g/mol. The third-order valence-electron chi connectivity index (χ3n) is 6.61. The van der Waals surface area contributed by atoms with E-state index in [9.17, 15) is 14.4 Å². The number of azide groups is 1. The van der Waals surface area contributed by atoms with Gasteiger partial charge in [-0.25, -0.2) is 0 Å². The van der Waals surface area contributed by atoms with Crippen LogP contribution < -0.4 is 20.7 Å². The third-order valence-corrected chi connectivity index (χ3v) is 7.73. The van der Waals surface area contributed by atoms with Crippen LogP contribution in [-0.4, -0.2) is 83.1 Å². The topological polar surface area (TPSA) is 173 Å². The molecule has 3 N–H and O–H groups in total. The molecule has 1 aromatic heterocycles. The highest BCUT2D eigenvalue weighted by atomic mass is 32.1. The second kappa shape index (κ2) is 17.8. The van der Waals surface area contributed by atoms with Crippen LogP contribution in [0.5, 0.6) is 5.75 Å². The van der Waals surface area contributed by atoms with E-state index in [0.717, 1.165) is 22.9 Å². The number of ether oxygens (including phenoxy) is 4. The fourth-order valence-electron chi connectivity index (χ4n) is 4.41. The molecule has 0 radical (unpaired) electrons. The summed E-state index contributed by atoms with van der Waals surface area (Å²) in [4.78, 5) is 42.2. The summed E-state index contributed by atoms with van der Waals surface area (Å²) in [5.74, 6) is -0.632. The zero-order chi connectivity index (χ0) is 31.0. The van der Waals surface area contributed by atoms with Crippen LogP contribution in [-0.2, 0) is 19.0 Å². The molecule has 0 saturated carbocycles. The fourth-order valence-corrected chi connectivity index (χ4v) is 5.37. The van der Waals surface area contributed by atoms with E-state index in [-0.39, 0.29) is 30.5 Å². The summed E-state index contributed by atoms with van der Waals surface area (Å²) < 4.78 is 23.0. The quantitative estimate of drug-likeness (QED) is 0.0869. The van der Waals surface area contributed by atoms with Crippen molar-refractivity contribution >= 4 is 44.8 Å². The molecule has 2 heterocycles. The lowest BCUT2D eigenvalue weighted by Crippen LogP contribution is -2.45. The Kier molecular flexibility index (Phi) is 13.2. The standard InChI is InChI=1S/C30H36N6O7S/c31-36-33-11-12-40-13-14-41-15-16-42-17-18-43-22-8-9-24(34-30(39)27-19-21-5-1-2-7-26(21)44-27)23(20-22)28(37)35-25-6-3-4-10-32-29(25)38/h1-2,5,7-9,19-20,25H,3-4,6,10-18H2,(H,32,38)(H,34,39)(H,35,37). The van der Waals surface area contributed by atoms with Crippen molar-refractivity contribution in [2.24, 2.45) is 5.11 Å². The molecule has 1 unspecified atom stereocenters. The van der Waals surface area contributed by atoms with Gasteiger partial charge in [0, 0.05) is 22.7 Å². The minimum atomic E-state index is -0.666. The van der Waals surface area contributed by atoms with Gasteiger partial charge in [0.1, 0.15) is 18.4 Å². The van der Waals surface area contributed by atoms with E-state index >= 15 is 0 Å². The van der Waals surface area contributed by atoms with Gasteiger partial charge in [0.05, 0.1) is 55.8 Å². The zero-order valence-electron chi connectivity index (χ0n) is 24.3. The Morgan fingerprint density at radius 3 is 2.48 bits per heavy atom. The van der Waals surface area contributed by atoms with Crippen LogP contribution in [0.15, 0.2) is 53.6 Å². The molecule has 0 bridgehead atoms. The lowest BCUT2D eigenvalue weighted by Gasteiger charge is -2.18. The second-order valence-corrected chi connectivity index (χ2v) is 10.8. The van der Waals surface area contributed by atoms with Crippen molar-refractivity contribution in [2.45, 2.75) is 25.3 Å². The van der Waals surface area contributed by atoms with E-state index in [4.69, 9.17) is 24.5 Å². The number of nitrogens with one attached hydrogen (secondary N) is 3. The number of thiophene rings is 1. The van der Waals surface area contributed by atoms with Gasteiger partial charge < -0.3 is 34.9 Å². The zero-order valence-corrected chi connectivity index (χ0v) is 25.1. The predicted octanol–water partition coefficient (Wildman–Crippen LogP) is 4.29. The molecule has 1 fully saturated rings. The third kappa shape index (κ3) is 10.2. The van der Waals surface area contributed by atoms with E-state index in [2.05, 4.69) is 26.0 Å². The number of anilines is 1. The number of benzene rings is 2. The van der Waals surface area contributed by atoms with Crippen molar-refractivity contribution < 1.29 is 33.3 Å². The Balaban J connectivity index is 1.32. The highest BCUT2D eigenvalue weighted by Gasteiger charge is 2.25. The monoisotopic (exact) mass is 624 g/mol. The predicted molar refractivity (Wildman–Crippen MR) is 166 cm³/mol. The van der Waals surface area contributed by atoms with Gasteiger partial charge in [-0.3, -0.25) is 14.4 Å². The minimum Gasteiger partial charge on any atom is -0.491 e. The Morgan fingerprint density at radius 2 is 1.70 bits per heavy atom. The van der Waals surface area contributed by atoms with Crippen LogP contribution in [0.2, 0.25) is 0 Å². The maximum absolute atomic E-state index is 13.4. The van der Waals surface area contributed by atoms with Crippen LogP contribution in [0, 0.1) is 0 Å². The number of carbonyl (C=O) groups is 3. The highest BCUT2D eigenvalue weighted by molar-refractivity contribution is 7.20. The fraction of sp³-hybridized carbons (Fsp3) is 0.433. The average Bonchev–Trinajstić information content (AvgIpc) is 3.37. The van der Waals surface area contributed by atoms with Crippen LogP contribution in [0.25, 0.3) is 20.5 Å². The summed E-state index contributed by atoms with van der Waals surface area (Å²) in [6.45, 7) is 3.26. The smallest absolute Gasteiger partial charge is 0.265 e. The van der Waals surface area contributed by atoms with Crippen molar-refractivity contribution in [1.29, 1.82) is 0 Å². The molecule has 13 nitrogen and oxygen atoms in total. The summed E-state index contributed by atoms with van der Waals surface area (Å²) in [6, 6.07) is 13.7. The van der Waals surface area contributed by atoms with Gasteiger partial charge in [0.2, 0.25) is 5.91 Å². The first-order valence-corrected chi connectivity index (χ1v) is 15.3. The van der Waals surface area contributed by atoms with Crippen molar-refractivity contribution in [3.8, 4) is 5.75 Å². The van der Waals surface area contributed by atoms with Gasteiger partial charge in [0.15, 0.2) is 0 Å². The first-order chi connectivity index (χ1) is 21.5. The highest BCUT2D eigenvalue weighted by Crippen LogP contribution is 2.28. The maximum atomic E-state index is 13.4. The molecular weight excluding hydrogens is 588 g/mol. The molecule has 1 aliphatic rings. The number of rotatable bonds is 17. The molecule has 44 heavy (non-hydrogen) atoms. The summed E-state index contributed by atoms with van der Waals surface area (Å²) in [6.07, 6.45) is 2.18. The molecule has 0 spiro atoms. The molecule has 234 valence electrons. The van der Waals surface area contributed by atoms with Gasteiger partial charge in [-0.15, -0.1) is 11.3 Å². The first kappa shape index (κ1) is 32.7. The normalized spacial score (nSPS) is 14.7. The number of amides is 3. The molecule has 14 heteroatoms. The van der Waals surface area contributed by atoms with E-state index < -0.39 is 11.9 Å². The molecule has 1 saturated heterocycles. The number of nitrogens with zero attached hydrogens (tertiary/aromatic N) is 3. The van der Waals surface area contributed by atoms with Crippen LogP contribution >= 0.6 is 11.3 Å². The summed E-state index contributed by atoms with van der Waals surface area (Å²) in [5.41, 5.74) is 8.70. The molecule has 3 amide bonds. The SMILES string of the molecule is [N-]=[N+]=NCCOCCOCCOCCOc1ccc(NC(=O)c2cc3ccccc3s2)c(C(=O)NC2CCCCNC2=O)c1. The van der Waals surface area contributed by atoms with Gasteiger partial charge in [-0.05, 0) is 60.5 Å². The minimum absolute atomic E-state index is 0.185. The van der Waals surface area contributed by atoms with Gasteiger partial charge >= 0.3 is 0 Å². The summed E-state index contributed by atoms with van der Waals surface area (Å²) in [5, 5.41) is 12.8. The van der Waals surface area contributed by atoms with Gasteiger partial charge in [-0.1, -0.05) is 23.3 Å². The van der Waals surface area contributed by atoms with E-state index in [1.807, 2.05) is 30.3 Å². The molecule has 3 aromatic rings. The van der Waals surface area contributed by atoms with E-state index in [1.165, 1.54) is 11.3 Å². The lowest BCUT2D eigenvalue weighted by atomic mass is 10.1.